The summed E-state index contributed by atoms with van der Waals surface area (Å²) >= 11 is 0. The summed E-state index contributed by atoms with van der Waals surface area (Å²) in [7, 11) is 1.81. The summed E-state index contributed by atoms with van der Waals surface area (Å²) in [6, 6.07) is 15.2. The molecule has 0 radical (unpaired) electrons. The van der Waals surface area contributed by atoms with Crippen molar-refractivity contribution < 1.29 is 0 Å². The minimum absolute atomic E-state index is 0. The van der Waals surface area contributed by atoms with E-state index in [0.29, 0.717) is 6.04 Å². The molecule has 152 valence electrons. The Morgan fingerprint density at radius 3 is 2.50 bits per heavy atom. The van der Waals surface area contributed by atoms with Gasteiger partial charge in [0.1, 0.15) is 5.82 Å². The highest BCUT2D eigenvalue weighted by Crippen LogP contribution is 2.17. The van der Waals surface area contributed by atoms with E-state index in [1.807, 2.05) is 13.2 Å². The molecule has 2 heterocycles. The van der Waals surface area contributed by atoms with Crippen molar-refractivity contribution in [1.29, 1.82) is 0 Å². The number of aryl methyl sites for hydroxylation is 1. The van der Waals surface area contributed by atoms with Gasteiger partial charge in [-0.2, -0.15) is 0 Å². The summed E-state index contributed by atoms with van der Waals surface area (Å²) < 4.78 is 0. The fourth-order valence-electron chi connectivity index (χ4n) is 3.37. The normalized spacial score (nSPS) is 15.1. The van der Waals surface area contributed by atoms with Gasteiger partial charge >= 0.3 is 0 Å². The highest BCUT2D eigenvalue weighted by molar-refractivity contribution is 14.0. The number of rotatable bonds is 7. The molecule has 5 nitrogen and oxygen atoms in total. The van der Waals surface area contributed by atoms with E-state index in [4.69, 9.17) is 0 Å². The molecule has 1 aromatic heterocycles. The Balaban J connectivity index is 0.00000280. The minimum atomic E-state index is 0. The van der Waals surface area contributed by atoms with Crippen molar-refractivity contribution in [1.82, 2.24) is 15.6 Å². The zero-order valence-electron chi connectivity index (χ0n) is 16.9. The number of nitrogens with one attached hydrogen (secondary N) is 2. The lowest BCUT2D eigenvalue weighted by molar-refractivity contribution is 0.593. The number of halogens is 1. The maximum Gasteiger partial charge on any atom is 0.191 e. The second-order valence-corrected chi connectivity index (χ2v) is 7.21. The molecular formula is C22H32IN5. The molecule has 6 heteroatoms. The summed E-state index contributed by atoms with van der Waals surface area (Å²) in [6.45, 7) is 5.17. The Labute approximate surface area is 186 Å². The number of aromatic nitrogens is 1. The molecule has 1 aliphatic heterocycles. The second-order valence-electron chi connectivity index (χ2n) is 7.21. The van der Waals surface area contributed by atoms with Crippen LogP contribution in [0.2, 0.25) is 0 Å². The molecule has 0 bridgehead atoms. The standard InChI is InChI=1S/C22H31N5.HI/c1-18(10-11-19-8-4-3-5-9-19)26-22(23-2)25-17-20-12-13-21(24-16-20)27-14-6-7-15-27;/h3-5,8-9,12-13,16,18H,6-7,10-11,14-15,17H2,1-2H3,(H2,23,25,26);1H. The van der Waals surface area contributed by atoms with E-state index < -0.39 is 0 Å². The molecule has 2 aromatic rings. The van der Waals surface area contributed by atoms with Gasteiger partial charge in [-0.25, -0.2) is 4.98 Å². The van der Waals surface area contributed by atoms with Gasteiger partial charge in [0.25, 0.3) is 0 Å². The molecule has 28 heavy (non-hydrogen) atoms. The Bertz CT molecular complexity index is 711. The predicted octanol–water partition coefficient (Wildman–Crippen LogP) is 3.99. The molecule has 1 fully saturated rings. The number of guanidine groups is 1. The smallest absolute Gasteiger partial charge is 0.191 e. The number of hydrogen-bond donors (Lipinski definition) is 2. The fourth-order valence-corrected chi connectivity index (χ4v) is 3.37. The number of nitrogens with zero attached hydrogens (tertiary/aromatic N) is 3. The maximum atomic E-state index is 4.61. The average Bonchev–Trinajstić information content (AvgIpc) is 3.25. The lowest BCUT2D eigenvalue weighted by Gasteiger charge is -2.19. The molecule has 1 saturated heterocycles. The maximum absolute atomic E-state index is 4.61. The highest BCUT2D eigenvalue weighted by atomic mass is 127. The van der Waals surface area contributed by atoms with Crippen LogP contribution >= 0.6 is 24.0 Å². The third-order valence-corrected chi connectivity index (χ3v) is 5.01. The summed E-state index contributed by atoms with van der Waals surface area (Å²) in [5, 5.41) is 6.86. The van der Waals surface area contributed by atoms with Crippen molar-refractivity contribution in [2.24, 2.45) is 4.99 Å². The van der Waals surface area contributed by atoms with E-state index in [-0.39, 0.29) is 24.0 Å². The summed E-state index contributed by atoms with van der Waals surface area (Å²) in [5.74, 6) is 1.92. The second kappa shape index (κ2) is 11.9. The van der Waals surface area contributed by atoms with Crippen molar-refractivity contribution in [3.05, 3.63) is 59.8 Å². The van der Waals surface area contributed by atoms with Crippen LogP contribution in [0.5, 0.6) is 0 Å². The summed E-state index contributed by atoms with van der Waals surface area (Å²) in [5.41, 5.74) is 2.54. The van der Waals surface area contributed by atoms with Crippen LogP contribution in [-0.4, -0.2) is 37.1 Å². The first-order valence-corrected chi connectivity index (χ1v) is 9.95. The van der Waals surface area contributed by atoms with Gasteiger partial charge in [-0.1, -0.05) is 36.4 Å². The van der Waals surface area contributed by atoms with Crippen molar-refractivity contribution in [2.45, 2.75) is 45.2 Å². The van der Waals surface area contributed by atoms with Crippen LogP contribution in [0.25, 0.3) is 0 Å². The van der Waals surface area contributed by atoms with E-state index in [1.165, 1.54) is 18.4 Å². The van der Waals surface area contributed by atoms with Crippen LogP contribution < -0.4 is 15.5 Å². The van der Waals surface area contributed by atoms with E-state index in [1.54, 1.807) is 0 Å². The van der Waals surface area contributed by atoms with E-state index in [9.17, 15) is 0 Å². The van der Waals surface area contributed by atoms with Crippen LogP contribution in [0.3, 0.4) is 0 Å². The molecular weight excluding hydrogens is 461 g/mol. The van der Waals surface area contributed by atoms with Crippen molar-refractivity contribution in [3.63, 3.8) is 0 Å². The molecule has 0 saturated carbocycles. The van der Waals surface area contributed by atoms with E-state index in [2.05, 4.69) is 74.9 Å². The molecule has 1 aromatic carbocycles. The molecule has 0 spiro atoms. The Morgan fingerprint density at radius 2 is 1.86 bits per heavy atom. The van der Waals surface area contributed by atoms with Gasteiger partial charge in [0.15, 0.2) is 5.96 Å². The van der Waals surface area contributed by atoms with Gasteiger partial charge in [0.05, 0.1) is 0 Å². The van der Waals surface area contributed by atoms with Gasteiger partial charge in [-0.05, 0) is 49.8 Å². The number of aliphatic imine (C=N–C) groups is 1. The van der Waals surface area contributed by atoms with Crippen molar-refractivity contribution in [2.75, 3.05) is 25.0 Å². The fraction of sp³-hybridized carbons (Fsp3) is 0.455. The Hall–Kier alpha value is -1.83. The van der Waals surface area contributed by atoms with E-state index >= 15 is 0 Å². The molecule has 0 amide bonds. The Kier molecular flexibility index (Phi) is 9.54. The van der Waals surface area contributed by atoms with E-state index in [0.717, 1.165) is 49.8 Å². The van der Waals surface area contributed by atoms with Gasteiger partial charge in [0.2, 0.25) is 0 Å². The largest absolute Gasteiger partial charge is 0.357 e. The molecule has 1 atom stereocenters. The SMILES string of the molecule is CN=C(NCc1ccc(N2CCCC2)nc1)NC(C)CCc1ccccc1.I. The minimum Gasteiger partial charge on any atom is -0.357 e. The van der Waals surface area contributed by atoms with Gasteiger partial charge in [-0.15, -0.1) is 24.0 Å². The van der Waals surface area contributed by atoms with Gasteiger partial charge in [-0.3, -0.25) is 4.99 Å². The molecule has 3 rings (SSSR count). The molecule has 1 aliphatic rings. The first-order valence-electron chi connectivity index (χ1n) is 9.95. The number of anilines is 1. The first-order chi connectivity index (χ1) is 13.2. The number of benzene rings is 1. The topological polar surface area (TPSA) is 52.6 Å². The van der Waals surface area contributed by atoms with Crippen LogP contribution in [0.4, 0.5) is 5.82 Å². The van der Waals surface area contributed by atoms with Crippen LogP contribution in [0.1, 0.15) is 37.3 Å². The quantitative estimate of drug-likeness (QED) is 0.348. The van der Waals surface area contributed by atoms with Gasteiger partial charge in [0, 0.05) is 38.9 Å². The molecule has 1 unspecified atom stereocenters. The van der Waals surface area contributed by atoms with Crippen molar-refractivity contribution >= 4 is 35.8 Å². The van der Waals surface area contributed by atoms with Crippen molar-refractivity contribution in [3.8, 4) is 0 Å². The lowest BCUT2D eigenvalue weighted by atomic mass is 10.1. The lowest BCUT2D eigenvalue weighted by Crippen LogP contribution is -2.42. The zero-order chi connectivity index (χ0) is 18.9. The predicted molar refractivity (Wildman–Crippen MR) is 129 cm³/mol. The summed E-state index contributed by atoms with van der Waals surface area (Å²) in [4.78, 5) is 11.3. The third-order valence-electron chi connectivity index (χ3n) is 5.01. The van der Waals surface area contributed by atoms with Crippen LogP contribution in [-0.2, 0) is 13.0 Å². The summed E-state index contributed by atoms with van der Waals surface area (Å²) in [6.07, 6.45) is 6.64. The zero-order valence-corrected chi connectivity index (χ0v) is 19.2. The number of pyridine rings is 1. The average molecular weight is 493 g/mol. The Morgan fingerprint density at radius 1 is 1.11 bits per heavy atom. The molecule has 2 N–H and O–H groups in total. The van der Waals surface area contributed by atoms with Crippen LogP contribution in [0.15, 0.2) is 53.7 Å². The highest BCUT2D eigenvalue weighted by Gasteiger charge is 2.13. The first kappa shape index (κ1) is 22.5. The number of hydrogen-bond acceptors (Lipinski definition) is 3. The monoisotopic (exact) mass is 493 g/mol. The van der Waals surface area contributed by atoms with Crippen LogP contribution in [0, 0.1) is 0 Å². The third kappa shape index (κ3) is 6.96. The molecule has 0 aliphatic carbocycles. The van der Waals surface area contributed by atoms with Gasteiger partial charge < -0.3 is 15.5 Å².